The molecule has 0 aromatic heterocycles. The highest BCUT2D eigenvalue weighted by Gasteiger charge is 2.39. The normalized spacial score (nSPS) is 31.4. The molecule has 0 spiro atoms. The Balaban J connectivity index is 2.78. The Morgan fingerprint density at radius 1 is 1.42 bits per heavy atom. The molecule has 1 fully saturated rings. The van der Waals surface area contributed by atoms with E-state index in [4.69, 9.17) is 0 Å². The summed E-state index contributed by atoms with van der Waals surface area (Å²) in [6.45, 7) is 8.30. The second-order valence-electron chi connectivity index (χ2n) is 4.61. The molecule has 0 radical (unpaired) electrons. The van der Waals surface area contributed by atoms with E-state index in [0.29, 0.717) is 0 Å². The number of amides is 1. The van der Waals surface area contributed by atoms with Crippen LogP contribution in [-0.2, 0) is 4.79 Å². The Morgan fingerprint density at radius 2 is 1.92 bits per heavy atom. The van der Waals surface area contributed by atoms with Crippen molar-refractivity contribution in [2.75, 3.05) is 7.05 Å². The quantitative estimate of drug-likeness (QED) is 0.583. The van der Waals surface area contributed by atoms with Gasteiger partial charge in [0.2, 0.25) is 5.91 Å². The summed E-state index contributed by atoms with van der Waals surface area (Å²) in [5.41, 5.74) is 0.106. The van der Waals surface area contributed by atoms with E-state index >= 15 is 0 Å². The van der Waals surface area contributed by atoms with Gasteiger partial charge in [-0.05, 0) is 12.3 Å². The van der Waals surface area contributed by atoms with Crippen molar-refractivity contribution in [2.24, 2.45) is 5.41 Å². The molecule has 1 amide bonds. The van der Waals surface area contributed by atoms with Gasteiger partial charge >= 0.3 is 0 Å². The van der Waals surface area contributed by atoms with Crippen LogP contribution in [0.25, 0.3) is 0 Å². The lowest BCUT2D eigenvalue weighted by atomic mass is 9.92. The molecule has 0 aromatic rings. The maximum Gasteiger partial charge on any atom is 0.240 e. The maximum absolute atomic E-state index is 11.4. The van der Waals surface area contributed by atoms with E-state index in [0.717, 1.165) is 0 Å². The van der Waals surface area contributed by atoms with Gasteiger partial charge in [-0.15, -0.1) is 0 Å². The van der Waals surface area contributed by atoms with Gasteiger partial charge in [0, 0.05) is 7.05 Å². The molecule has 3 nitrogen and oxygen atoms in total. The fourth-order valence-corrected chi connectivity index (χ4v) is 1.68. The van der Waals surface area contributed by atoms with E-state index < -0.39 is 0 Å². The summed E-state index contributed by atoms with van der Waals surface area (Å²) in [4.78, 5) is 13.2. The van der Waals surface area contributed by atoms with Crippen molar-refractivity contribution in [1.82, 2.24) is 10.2 Å². The van der Waals surface area contributed by atoms with Crippen LogP contribution in [0.2, 0.25) is 0 Å². The third-order valence-corrected chi connectivity index (χ3v) is 2.33. The van der Waals surface area contributed by atoms with E-state index in [1.807, 2.05) is 14.0 Å². The molecule has 0 unspecified atom stereocenters. The van der Waals surface area contributed by atoms with E-state index in [-0.39, 0.29) is 23.5 Å². The first kappa shape index (κ1) is 9.52. The highest BCUT2D eigenvalue weighted by molar-refractivity contribution is 5.83. The van der Waals surface area contributed by atoms with Crippen molar-refractivity contribution in [2.45, 2.75) is 39.9 Å². The summed E-state index contributed by atoms with van der Waals surface area (Å²) >= 11 is 0. The molecule has 1 rings (SSSR count). The predicted octanol–water partition coefficient (Wildman–Crippen LogP) is 0.809. The van der Waals surface area contributed by atoms with Crippen LogP contribution in [-0.4, -0.2) is 30.1 Å². The molecule has 3 heteroatoms. The summed E-state index contributed by atoms with van der Waals surface area (Å²) in [7, 11) is 1.86. The minimum atomic E-state index is -0.0285. The molecule has 1 heterocycles. The molecular formula is C9H18N2O. The zero-order valence-corrected chi connectivity index (χ0v) is 8.51. The van der Waals surface area contributed by atoms with Gasteiger partial charge in [-0.1, -0.05) is 20.8 Å². The van der Waals surface area contributed by atoms with Crippen LogP contribution in [0.15, 0.2) is 0 Å². The summed E-state index contributed by atoms with van der Waals surface area (Å²) in [6, 6.07) is -0.0285. The lowest BCUT2D eigenvalue weighted by molar-refractivity contribution is -0.129. The van der Waals surface area contributed by atoms with Gasteiger partial charge < -0.3 is 4.90 Å². The molecule has 70 valence electrons. The summed E-state index contributed by atoms with van der Waals surface area (Å²) < 4.78 is 0. The number of likely N-dealkylation sites (N-methyl/N-ethyl adjacent to an activating group) is 1. The number of carbonyl (C=O) groups excluding carboxylic acids is 1. The first-order chi connectivity index (χ1) is 5.34. The van der Waals surface area contributed by atoms with Crippen molar-refractivity contribution in [3.8, 4) is 0 Å². The number of hydrogen-bond donors (Lipinski definition) is 1. The van der Waals surface area contributed by atoms with Crippen LogP contribution in [0, 0.1) is 5.41 Å². The van der Waals surface area contributed by atoms with E-state index in [2.05, 4.69) is 26.1 Å². The van der Waals surface area contributed by atoms with Gasteiger partial charge in [0.1, 0.15) is 0 Å². The molecule has 2 atom stereocenters. The minimum Gasteiger partial charge on any atom is -0.328 e. The molecule has 0 saturated carbocycles. The Bertz CT molecular complexity index is 195. The average molecular weight is 170 g/mol. The second kappa shape index (κ2) is 2.73. The first-order valence-corrected chi connectivity index (χ1v) is 4.37. The largest absolute Gasteiger partial charge is 0.328 e. The molecule has 1 N–H and O–H groups in total. The highest BCUT2D eigenvalue weighted by atomic mass is 16.2. The number of carbonyl (C=O) groups is 1. The highest BCUT2D eigenvalue weighted by Crippen LogP contribution is 2.25. The number of rotatable bonds is 0. The third kappa shape index (κ3) is 1.46. The smallest absolute Gasteiger partial charge is 0.240 e. The van der Waals surface area contributed by atoms with Gasteiger partial charge in [0.25, 0.3) is 0 Å². The molecule has 1 saturated heterocycles. The van der Waals surface area contributed by atoms with Gasteiger partial charge in [0.15, 0.2) is 0 Å². The van der Waals surface area contributed by atoms with Crippen molar-refractivity contribution < 1.29 is 4.79 Å². The average Bonchev–Trinajstić information content (AvgIpc) is 2.15. The van der Waals surface area contributed by atoms with Crippen LogP contribution in [0.5, 0.6) is 0 Å². The van der Waals surface area contributed by atoms with Gasteiger partial charge in [-0.25, -0.2) is 0 Å². The topological polar surface area (TPSA) is 32.3 Å². The van der Waals surface area contributed by atoms with Gasteiger partial charge in [-0.2, -0.15) is 0 Å². The van der Waals surface area contributed by atoms with Crippen LogP contribution >= 0.6 is 0 Å². The summed E-state index contributed by atoms with van der Waals surface area (Å²) in [5.74, 6) is 0.190. The molecular weight excluding hydrogens is 152 g/mol. The Kier molecular flexibility index (Phi) is 2.17. The third-order valence-electron chi connectivity index (χ3n) is 2.33. The predicted molar refractivity (Wildman–Crippen MR) is 48.6 cm³/mol. The zero-order chi connectivity index (χ0) is 9.52. The Hall–Kier alpha value is -0.570. The lowest BCUT2D eigenvalue weighted by Gasteiger charge is -2.32. The van der Waals surface area contributed by atoms with E-state index in [1.165, 1.54) is 0 Å². The molecule has 12 heavy (non-hydrogen) atoms. The summed E-state index contributed by atoms with van der Waals surface area (Å²) in [6.07, 6.45) is 0.167. The zero-order valence-electron chi connectivity index (χ0n) is 8.51. The van der Waals surface area contributed by atoms with Crippen LogP contribution < -0.4 is 5.32 Å². The molecule has 0 aliphatic carbocycles. The lowest BCUT2D eigenvalue weighted by Crippen LogP contribution is -2.45. The van der Waals surface area contributed by atoms with Crippen molar-refractivity contribution >= 4 is 5.91 Å². The fourth-order valence-electron chi connectivity index (χ4n) is 1.68. The molecule has 1 aliphatic heterocycles. The minimum absolute atomic E-state index is 0.0285. The monoisotopic (exact) mass is 170 g/mol. The van der Waals surface area contributed by atoms with Crippen LogP contribution in [0.3, 0.4) is 0 Å². The second-order valence-corrected chi connectivity index (χ2v) is 4.61. The van der Waals surface area contributed by atoms with Gasteiger partial charge in [-0.3, -0.25) is 10.1 Å². The first-order valence-electron chi connectivity index (χ1n) is 4.37. The summed E-state index contributed by atoms with van der Waals surface area (Å²) in [5, 5.41) is 3.27. The number of nitrogens with one attached hydrogen (secondary N) is 1. The molecule has 1 aliphatic rings. The van der Waals surface area contributed by atoms with E-state index in [9.17, 15) is 4.79 Å². The number of hydrogen-bond acceptors (Lipinski definition) is 2. The maximum atomic E-state index is 11.4. The van der Waals surface area contributed by atoms with Crippen molar-refractivity contribution in [3.63, 3.8) is 0 Å². The SMILES string of the molecule is C[C@@H]1N[C@@H](C(C)(C)C)N(C)C1=O. The van der Waals surface area contributed by atoms with Crippen molar-refractivity contribution in [3.05, 3.63) is 0 Å². The number of nitrogens with zero attached hydrogens (tertiary/aromatic N) is 1. The molecule has 0 bridgehead atoms. The molecule has 0 aromatic carbocycles. The standard InChI is InChI=1S/C9H18N2O/c1-6-7(12)11(5)8(10-6)9(2,3)4/h6,8,10H,1-5H3/t6-,8+/m0/s1. The fraction of sp³-hybridized carbons (Fsp3) is 0.889. The van der Waals surface area contributed by atoms with Crippen molar-refractivity contribution in [1.29, 1.82) is 0 Å². The van der Waals surface area contributed by atoms with Crippen LogP contribution in [0.4, 0.5) is 0 Å². The Labute approximate surface area is 74.1 Å². The van der Waals surface area contributed by atoms with Crippen LogP contribution in [0.1, 0.15) is 27.7 Å². The van der Waals surface area contributed by atoms with Gasteiger partial charge in [0.05, 0.1) is 12.2 Å². The Morgan fingerprint density at radius 3 is 2.08 bits per heavy atom. The van der Waals surface area contributed by atoms with E-state index in [1.54, 1.807) is 4.90 Å².